The van der Waals surface area contributed by atoms with Crippen molar-refractivity contribution in [1.82, 2.24) is 24.9 Å². The molecule has 0 saturated carbocycles. The van der Waals surface area contributed by atoms with Gasteiger partial charge >= 0.3 is 0 Å². The summed E-state index contributed by atoms with van der Waals surface area (Å²) in [6, 6.07) is 4.02. The first kappa shape index (κ1) is 16.5. The van der Waals surface area contributed by atoms with Crippen molar-refractivity contribution >= 4 is 11.6 Å². The fourth-order valence-electron chi connectivity index (χ4n) is 2.91. The van der Waals surface area contributed by atoms with Gasteiger partial charge in [-0.2, -0.15) is 4.98 Å². The number of likely N-dealkylation sites (tertiary alicyclic amines) is 1. The van der Waals surface area contributed by atoms with Crippen molar-refractivity contribution in [3.05, 3.63) is 36.2 Å². The van der Waals surface area contributed by atoms with E-state index < -0.39 is 0 Å². The number of amides is 1. The van der Waals surface area contributed by atoms with Crippen molar-refractivity contribution in [2.45, 2.75) is 25.9 Å². The number of likely N-dealkylation sites (N-methyl/N-ethyl adjacent to an activating group) is 1. The summed E-state index contributed by atoms with van der Waals surface area (Å²) in [5.41, 5.74) is 0.725. The molecule has 0 unspecified atom stereocenters. The first-order chi connectivity index (χ1) is 11.6. The number of pyridine rings is 1. The van der Waals surface area contributed by atoms with Crippen molar-refractivity contribution < 1.29 is 9.32 Å². The maximum Gasteiger partial charge on any atom is 0.238 e. The van der Waals surface area contributed by atoms with E-state index in [1.807, 2.05) is 6.07 Å². The maximum absolute atomic E-state index is 12.1. The lowest BCUT2D eigenvalue weighted by molar-refractivity contribution is -0.117. The van der Waals surface area contributed by atoms with E-state index in [0.29, 0.717) is 30.8 Å². The van der Waals surface area contributed by atoms with Gasteiger partial charge in [0.05, 0.1) is 25.0 Å². The van der Waals surface area contributed by atoms with E-state index in [4.69, 9.17) is 4.52 Å². The van der Waals surface area contributed by atoms with Gasteiger partial charge in [-0.1, -0.05) is 5.16 Å². The third-order valence-electron chi connectivity index (χ3n) is 4.14. The molecule has 8 heteroatoms. The Labute approximate surface area is 140 Å². The molecule has 1 amide bonds. The Balaban J connectivity index is 1.45. The highest BCUT2D eigenvalue weighted by Gasteiger charge is 2.27. The topological polar surface area (TPSA) is 87.4 Å². The average Bonchev–Trinajstić information content (AvgIpc) is 3.17. The lowest BCUT2D eigenvalue weighted by atomic mass is 10.2. The highest BCUT2D eigenvalue weighted by atomic mass is 16.5. The van der Waals surface area contributed by atoms with Gasteiger partial charge < -0.3 is 9.84 Å². The number of hydrogen-bond acceptors (Lipinski definition) is 7. The molecule has 0 bridgehead atoms. The van der Waals surface area contributed by atoms with Crippen molar-refractivity contribution in [3.63, 3.8) is 0 Å². The zero-order valence-electron chi connectivity index (χ0n) is 14.0. The Hall–Kier alpha value is -2.32. The van der Waals surface area contributed by atoms with Crippen LogP contribution in [0.1, 0.15) is 18.1 Å². The number of carbonyl (C=O) groups is 1. The Morgan fingerprint density at radius 2 is 2.42 bits per heavy atom. The van der Waals surface area contributed by atoms with E-state index in [1.165, 1.54) is 0 Å². The van der Waals surface area contributed by atoms with Crippen LogP contribution in [0.4, 0.5) is 5.69 Å². The number of hydrogen-bond donors (Lipinski definition) is 1. The number of nitrogens with zero attached hydrogens (tertiary/aromatic N) is 5. The predicted molar refractivity (Wildman–Crippen MR) is 88.2 cm³/mol. The first-order valence-corrected chi connectivity index (χ1v) is 8.02. The summed E-state index contributed by atoms with van der Waals surface area (Å²) in [4.78, 5) is 24.7. The van der Waals surface area contributed by atoms with Crippen molar-refractivity contribution in [2.24, 2.45) is 0 Å². The lowest BCUT2D eigenvalue weighted by Crippen LogP contribution is -2.37. The van der Waals surface area contributed by atoms with Gasteiger partial charge in [0.2, 0.25) is 11.8 Å². The van der Waals surface area contributed by atoms with E-state index >= 15 is 0 Å². The standard InChI is InChI=1S/C16H22N6O2/c1-12-18-15(20-24-12)10-21(2)14-5-7-22(9-14)11-16(23)19-13-4-3-6-17-8-13/h3-4,6,8,14H,5,7,9-11H2,1-2H3,(H,19,23)/t14-/m0/s1. The minimum Gasteiger partial charge on any atom is -0.340 e. The summed E-state index contributed by atoms with van der Waals surface area (Å²) in [7, 11) is 2.05. The highest BCUT2D eigenvalue weighted by molar-refractivity contribution is 5.92. The molecule has 128 valence electrons. The molecule has 3 heterocycles. The molecule has 1 N–H and O–H groups in total. The minimum atomic E-state index is -0.0138. The van der Waals surface area contributed by atoms with Crippen LogP contribution in [0.3, 0.4) is 0 Å². The molecule has 1 aliphatic heterocycles. The van der Waals surface area contributed by atoms with Gasteiger partial charge in [-0.25, -0.2) is 0 Å². The summed E-state index contributed by atoms with van der Waals surface area (Å²) in [6.07, 6.45) is 4.35. The van der Waals surface area contributed by atoms with Gasteiger partial charge in [-0.05, 0) is 25.6 Å². The van der Waals surface area contributed by atoms with Gasteiger partial charge in [0.25, 0.3) is 0 Å². The molecule has 1 aliphatic rings. The summed E-state index contributed by atoms with van der Waals surface area (Å²) < 4.78 is 5.00. The molecule has 3 rings (SSSR count). The molecule has 0 aromatic carbocycles. The van der Waals surface area contributed by atoms with Crippen LogP contribution in [0.15, 0.2) is 29.0 Å². The second-order valence-corrected chi connectivity index (χ2v) is 6.11. The van der Waals surface area contributed by atoms with E-state index in [9.17, 15) is 4.79 Å². The van der Waals surface area contributed by atoms with E-state index in [-0.39, 0.29) is 5.91 Å². The first-order valence-electron chi connectivity index (χ1n) is 8.02. The zero-order valence-corrected chi connectivity index (χ0v) is 14.0. The molecule has 1 fully saturated rings. The molecule has 24 heavy (non-hydrogen) atoms. The van der Waals surface area contributed by atoms with Gasteiger partial charge in [0, 0.05) is 32.3 Å². The van der Waals surface area contributed by atoms with E-state index in [1.54, 1.807) is 25.4 Å². The number of anilines is 1. The third-order valence-corrected chi connectivity index (χ3v) is 4.14. The van der Waals surface area contributed by atoms with Crippen molar-refractivity contribution in [3.8, 4) is 0 Å². The zero-order chi connectivity index (χ0) is 16.9. The summed E-state index contributed by atoms with van der Waals surface area (Å²) in [5, 5.41) is 6.80. The third kappa shape index (κ3) is 4.36. The van der Waals surface area contributed by atoms with Crippen LogP contribution in [0.5, 0.6) is 0 Å². The highest BCUT2D eigenvalue weighted by Crippen LogP contribution is 2.16. The molecular weight excluding hydrogens is 308 g/mol. The predicted octanol–water partition coefficient (Wildman–Crippen LogP) is 0.918. The monoisotopic (exact) mass is 330 g/mol. The Morgan fingerprint density at radius 3 is 3.12 bits per heavy atom. The number of aromatic nitrogens is 3. The quantitative estimate of drug-likeness (QED) is 0.842. The molecule has 1 saturated heterocycles. The second kappa shape index (κ2) is 7.50. The summed E-state index contributed by atoms with van der Waals surface area (Å²) >= 11 is 0. The fraction of sp³-hybridized carbons (Fsp3) is 0.500. The van der Waals surface area contributed by atoms with Crippen LogP contribution >= 0.6 is 0 Å². The van der Waals surface area contributed by atoms with E-state index in [0.717, 1.165) is 25.2 Å². The molecule has 8 nitrogen and oxygen atoms in total. The van der Waals surface area contributed by atoms with Crippen LogP contribution in [-0.2, 0) is 11.3 Å². The van der Waals surface area contributed by atoms with Gasteiger partial charge in [-0.3, -0.25) is 19.6 Å². The maximum atomic E-state index is 12.1. The van der Waals surface area contributed by atoms with Crippen molar-refractivity contribution in [2.75, 3.05) is 32.0 Å². The lowest BCUT2D eigenvalue weighted by Gasteiger charge is -2.23. The van der Waals surface area contributed by atoms with Crippen LogP contribution in [0, 0.1) is 6.92 Å². The Morgan fingerprint density at radius 1 is 1.54 bits per heavy atom. The molecular formula is C16H22N6O2. The van der Waals surface area contributed by atoms with E-state index in [2.05, 4.69) is 37.3 Å². The summed E-state index contributed by atoms with van der Waals surface area (Å²) in [6.45, 7) is 4.58. The molecule has 0 radical (unpaired) electrons. The molecule has 0 spiro atoms. The normalized spacial score (nSPS) is 18.2. The second-order valence-electron chi connectivity index (χ2n) is 6.11. The van der Waals surface area contributed by atoms with Crippen LogP contribution in [-0.4, -0.2) is 63.6 Å². The Kier molecular flexibility index (Phi) is 5.17. The molecule has 0 aliphatic carbocycles. The number of aryl methyl sites for hydroxylation is 1. The smallest absolute Gasteiger partial charge is 0.238 e. The van der Waals surface area contributed by atoms with Crippen LogP contribution in [0.25, 0.3) is 0 Å². The van der Waals surface area contributed by atoms with Gasteiger partial charge in [-0.15, -0.1) is 0 Å². The van der Waals surface area contributed by atoms with Gasteiger partial charge in [0.1, 0.15) is 0 Å². The number of carbonyl (C=O) groups excluding carboxylic acids is 1. The SMILES string of the molecule is Cc1nc(CN(C)[C@H]2CCN(CC(=O)Nc3cccnc3)C2)no1. The molecule has 1 atom stereocenters. The van der Waals surface area contributed by atoms with Crippen LogP contribution < -0.4 is 5.32 Å². The largest absolute Gasteiger partial charge is 0.340 e. The minimum absolute atomic E-state index is 0.0138. The van der Waals surface area contributed by atoms with Crippen LogP contribution in [0.2, 0.25) is 0 Å². The van der Waals surface area contributed by atoms with Gasteiger partial charge in [0.15, 0.2) is 5.82 Å². The summed E-state index contributed by atoms with van der Waals surface area (Å²) in [5.74, 6) is 1.27. The number of rotatable bonds is 6. The fourth-order valence-corrected chi connectivity index (χ4v) is 2.91. The van der Waals surface area contributed by atoms with Crippen molar-refractivity contribution in [1.29, 1.82) is 0 Å². The molecule has 2 aromatic heterocycles. The molecule has 2 aromatic rings. The average molecular weight is 330 g/mol. The Bertz CT molecular complexity index is 674. The number of nitrogens with one attached hydrogen (secondary N) is 1.